The van der Waals surface area contributed by atoms with Crippen molar-refractivity contribution in [2.24, 2.45) is 5.41 Å². The van der Waals surface area contributed by atoms with Crippen molar-refractivity contribution in [1.29, 1.82) is 0 Å². The Balaban J connectivity index is 2.77. The van der Waals surface area contributed by atoms with Crippen molar-refractivity contribution < 1.29 is 17.9 Å². The summed E-state index contributed by atoms with van der Waals surface area (Å²) < 4.78 is 38.5. The van der Waals surface area contributed by atoms with Crippen LogP contribution in [-0.2, 0) is 10.0 Å². The van der Waals surface area contributed by atoms with Crippen molar-refractivity contribution in [2.75, 3.05) is 17.1 Å². The molecule has 0 aromatic heterocycles. The third-order valence-electron chi connectivity index (χ3n) is 2.13. The average Bonchev–Trinajstić information content (AvgIpc) is 2.20. The van der Waals surface area contributed by atoms with Crippen LogP contribution in [0.2, 0.25) is 0 Å². The molecule has 4 nitrogen and oxygen atoms in total. The zero-order valence-electron chi connectivity index (χ0n) is 9.77. The summed E-state index contributed by atoms with van der Waals surface area (Å²) >= 11 is 0. The maximum absolute atomic E-state index is 12.6. The molecule has 0 saturated heterocycles. The Morgan fingerprint density at radius 3 is 2.29 bits per heavy atom. The monoisotopic (exact) mass is 261 g/mol. The Labute approximate surface area is 101 Å². The second-order valence-electron chi connectivity index (χ2n) is 4.69. The van der Waals surface area contributed by atoms with Gasteiger partial charge in [0.05, 0.1) is 5.75 Å². The van der Waals surface area contributed by atoms with Gasteiger partial charge in [0.25, 0.3) is 0 Å². The van der Waals surface area contributed by atoms with Crippen molar-refractivity contribution >= 4 is 15.7 Å². The molecule has 17 heavy (non-hydrogen) atoms. The summed E-state index contributed by atoms with van der Waals surface area (Å²) in [5.41, 5.74) is -0.411. The summed E-state index contributed by atoms with van der Waals surface area (Å²) in [6.07, 6.45) is 0. The lowest BCUT2D eigenvalue weighted by molar-refractivity contribution is 0.179. The normalized spacial score (nSPS) is 12.5. The van der Waals surface area contributed by atoms with Crippen LogP contribution >= 0.6 is 0 Å². The summed E-state index contributed by atoms with van der Waals surface area (Å²) in [5, 5.41) is 9.02. The van der Waals surface area contributed by atoms with Gasteiger partial charge < -0.3 is 5.11 Å². The first-order valence-corrected chi connectivity index (χ1v) is 6.76. The van der Waals surface area contributed by atoms with E-state index in [1.165, 1.54) is 24.3 Å². The third kappa shape index (κ3) is 4.70. The SMILES string of the molecule is CC(C)(CO)CS(=O)(=O)Nc1ccc(F)cc1. The topological polar surface area (TPSA) is 66.4 Å². The first-order valence-electron chi connectivity index (χ1n) is 5.11. The molecule has 1 aromatic carbocycles. The zero-order valence-corrected chi connectivity index (χ0v) is 10.6. The highest BCUT2D eigenvalue weighted by Crippen LogP contribution is 2.19. The Morgan fingerprint density at radius 1 is 1.29 bits per heavy atom. The van der Waals surface area contributed by atoms with E-state index >= 15 is 0 Å². The molecule has 0 aliphatic carbocycles. The molecular weight excluding hydrogens is 245 g/mol. The Hall–Kier alpha value is -1.14. The molecule has 6 heteroatoms. The fourth-order valence-electron chi connectivity index (χ4n) is 1.29. The number of nitrogens with one attached hydrogen (secondary N) is 1. The third-order valence-corrected chi connectivity index (χ3v) is 3.83. The maximum atomic E-state index is 12.6. The molecule has 2 N–H and O–H groups in total. The van der Waals surface area contributed by atoms with Crippen LogP contribution in [0.3, 0.4) is 0 Å². The molecule has 0 aliphatic rings. The van der Waals surface area contributed by atoms with E-state index in [0.29, 0.717) is 5.69 Å². The van der Waals surface area contributed by atoms with Crippen LogP contribution in [-0.4, -0.2) is 25.9 Å². The minimum atomic E-state index is -3.55. The van der Waals surface area contributed by atoms with E-state index in [4.69, 9.17) is 5.11 Å². The van der Waals surface area contributed by atoms with Gasteiger partial charge in [-0.15, -0.1) is 0 Å². The summed E-state index contributed by atoms with van der Waals surface area (Å²) in [7, 11) is -3.55. The molecule has 0 bridgehead atoms. The van der Waals surface area contributed by atoms with E-state index < -0.39 is 21.3 Å². The summed E-state index contributed by atoms with van der Waals surface area (Å²) in [6.45, 7) is 3.07. The van der Waals surface area contributed by atoms with Crippen LogP contribution < -0.4 is 4.72 Å². The molecule has 0 spiro atoms. The predicted molar refractivity (Wildman–Crippen MR) is 64.7 cm³/mol. The quantitative estimate of drug-likeness (QED) is 0.845. The Morgan fingerprint density at radius 2 is 1.82 bits per heavy atom. The van der Waals surface area contributed by atoms with E-state index in [9.17, 15) is 12.8 Å². The van der Waals surface area contributed by atoms with Gasteiger partial charge in [-0.25, -0.2) is 12.8 Å². The van der Waals surface area contributed by atoms with E-state index in [2.05, 4.69) is 4.72 Å². The Kier molecular flexibility index (Phi) is 4.11. The maximum Gasteiger partial charge on any atom is 0.233 e. The fraction of sp³-hybridized carbons (Fsp3) is 0.455. The number of aliphatic hydroxyl groups excluding tert-OH is 1. The molecule has 1 rings (SSSR count). The number of aliphatic hydroxyl groups is 1. The molecule has 0 heterocycles. The molecule has 0 atom stereocenters. The fourth-order valence-corrected chi connectivity index (χ4v) is 2.98. The molecule has 0 amide bonds. The first kappa shape index (κ1) is 13.9. The van der Waals surface area contributed by atoms with Crippen molar-refractivity contribution in [3.8, 4) is 0 Å². The van der Waals surface area contributed by atoms with Gasteiger partial charge in [-0.05, 0) is 24.3 Å². The van der Waals surface area contributed by atoms with Crippen molar-refractivity contribution in [1.82, 2.24) is 0 Å². The Bertz CT molecular complexity index is 468. The predicted octanol–water partition coefficient (Wildman–Crippen LogP) is 1.59. The van der Waals surface area contributed by atoms with Crippen LogP contribution in [0.5, 0.6) is 0 Å². The number of rotatable bonds is 5. The lowest BCUT2D eigenvalue weighted by atomic mass is 9.98. The number of benzene rings is 1. The lowest BCUT2D eigenvalue weighted by Crippen LogP contribution is -2.31. The summed E-state index contributed by atoms with van der Waals surface area (Å²) in [6, 6.07) is 5.04. The molecule has 1 aromatic rings. The number of anilines is 1. The molecular formula is C11H16FNO3S. The smallest absolute Gasteiger partial charge is 0.233 e. The molecule has 0 radical (unpaired) electrons. The molecule has 0 saturated carbocycles. The van der Waals surface area contributed by atoms with Gasteiger partial charge in [0, 0.05) is 17.7 Å². The van der Waals surface area contributed by atoms with E-state index in [0.717, 1.165) is 0 Å². The average molecular weight is 261 g/mol. The minimum absolute atomic E-state index is 0.201. The molecule has 0 unspecified atom stereocenters. The lowest BCUT2D eigenvalue weighted by Gasteiger charge is -2.21. The largest absolute Gasteiger partial charge is 0.396 e. The second kappa shape index (κ2) is 5.01. The number of hydrogen-bond donors (Lipinski definition) is 2. The van der Waals surface area contributed by atoms with Crippen LogP contribution in [0.1, 0.15) is 13.8 Å². The van der Waals surface area contributed by atoms with Gasteiger partial charge in [0.2, 0.25) is 10.0 Å². The second-order valence-corrected chi connectivity index (χ2v) is 6.41. The van der Waals surface area contributed by atoms with E-state index in [-0.39, 0.29) is 12.4 Å². The minimum Gasteiger partial charge on any atom is -0.396 e. The number of halogens is 1. The van der Waals surface area contributed by atoms with Gasteiger partial charge in [0.1, 0.15) is 5.82 Å². The zero-order chi connectivity index (χ0) is 13.1. The summed E-state index contributed by atoms with van der Waals surface area (Å²) in [5.74, 6) is -0.628. The summed E-state index contributed by atoms with van der Waals surface area (Å²) in [4.78, 5) is 0. The first-order chi connectivity index (χ1) is 7.74. The number of hydrogen-bond acceptors (Lipinski definition) is 3. The van der Waals surface area contributed by atoms with Crippen LogP contribution in [0.25, 0.3) is 0 Å². The van der Waals surface area contributed by atoms with Gasteiger partial charge in [0.15, 0.2) is 0 Å². The standard InChI is InChI=1S/C11H16FNO3S/c1-11(2,7-14)8-17(15,16)13-10-5-3-9(12)4-6-10/h3-6,13-14H,7-8H2,1-2H3. The van der Waals surface area contributed by atoms with Gasteiger partial charge in [-0.3, -0.25) is 4.72 Å². The highest BCUT2D eigenvalue weighted by molar-refractivity contribution is 7.92. The van der Waals surface area contributed by atoms with Gasteiger partial charge in [-0.1, -0.05) is 13.8 Å². The molecule has 96 valence electrons. The van der Waals surface area contributed by atoms with Crippen molar-refractivity contribution in [3.05, 3.63) is 30.1 Å². The van der Waals surface area contributed by atoms with Crippen molar-refractivity contribution in [2.45, 2.75) is 13.8 Å². The highest BCUT2D eigenvalue weighted by atomic mass is 32.2. The highest BCUT2D eigenvalue weighted by Gasteiger charge is 2.25. The van der Waals surface area contributed by atoms with Crippen molar-refractivity contribution in [3.63, 3.8) is 0 Å². The van der Waals surface area contributed by atoms with Gasteiger partial charge in [-0.2, -0.15) is 0 Å². The van der Waals surface area contributed by atoms with Crippen LogP contribution in [0, 0.1) is 11.2 Å². The van der Waals surface area contributed by atoms with E-state index in [1.54, 1.807) is 13.8 Å². The van der Waals surface area contributed by atoms with E-state index in [1.807, 2.05) is 0 Å². The van der Waals surface area contributed by atoms with Gasteiger partial charge >= 0.3 is 0 Å². The number of sulfonamides is 1. The molecule has 0 aliphatic heterocycles. The van der Waals surface area contributed by atoms with Crippen LogP contribution in [0.15, 0.2) is 24.3 Å². The van der Waals surface area contributed by atoms with Crippen LogP contribution in [0.4, 0.5) is 10.1 Å². The molecule has 0 fully saturated rings.